The fraction of sp³-hybridized carbons (Fsp3) is 0.267. The van der Waals surface area contributed by atoms with E-state index in [0.717, 1.165) is 24.2 Å². The summed E-state index contributed by atoms with van der Waals surface area (Å²) in [4.78, 5) is 14.2. The van der Waals surface area contributed by atoms with Crippen molar-refractivity contribution in [3.05, 3.63) is 41.1 Å². The van der Waals surface area contributed by atoms with E-state index in [1.54, 1.807) is 6.07 Å². The van der Waals surface area contributed by atoms with Crippen LogP contribution in [0.2, 0.25) is 0 Å². The number of hydrogen-bond donors (Lipinski definition) is 0. The van der Waals surface area contributed by atoms with Crippen molar-refractivity contribution in [2.45, 2.75) is 13.8 Å². The molecule has 0 atom stereocenters. The van der Waals surface area contributed by atoms with Crippen molar-refractivity contribution in [3.63, 3.8) is 0 Å². The lowest BCUT2D eigenvalue weighted by atomic mass is 10.1. The molecule has 2 heterocycles. The molecule has 0 spiro atoms. The van der Waals surface area contributed by atoms with Crippen molar-refractivity contribution in [2.75, 3.05) is 18.0 Å². The molecule has 0 amide bonds. The Hall–Kier alpha value is -2.63. The summed E-state index contributed by atoms with van der Waals surface area (Å²) >= 11 is 0. The zero-order valence-corrected chi connectivity index (χ0v) is 11.9. The third-order valence-electron chi connectivity index (χ3n) is 3.44. The molecule has 0 bridgehead atoms. The second-order valence-corrected chi connectivity index (χ2v) is 4.59. The van der Waals surface area contributed by atoms with E-state index in [9.17, 15) is 4.79 Å². The van der Waals surface area contributed by atoms with E-state index in [0.29, 0.717) is 5.58 Å². The van der Waals surface area contributed by atoms with Gasteiger partial charge in [-0.1, -0.05) is 0 Å². The fourth-order valence-electron chi connectivity index (χ4n) is 2.32. The average Bonchev–Trinajstić information content (AvgIpc) is 3.01. The van der Waals surface area contributed by atoms with E-state index >= 15 is 0 Å². The second kappa shape index (κ2) is 5.40. The molecule has 0 saturated carbocycles. The van der Waals surface area contributed by atoms with Crippen LogP contribution in [0.4, 0.5) is 5.69 Å². The molecule has 108 valence electrons. The summed E-state index contributed by atoms with van der Waals surface area (Å²) in [5.74, 6) is 0.165. The van der Waals surface area contributed by atoms with Crippen LogP contribution in [0.15, 0.2) is 44.3 Å². The molecule has 21 heavy (non-hydrogen) atoms. The minimum absolute atomic E-state index is 0.165. The summed E-state index contributed by atoms with van der Waals surface area (Å²) in [6, 6.07) is 7.51. The van der Waals surface area contributed by atoms with Crippen LogP contribution in [0.3, 0.4) is 0 Å². The molecule has 0 N–H and O–H groups in total. The van der Waals surface area contributed by atoms with Crippen molar-refractivity contribution < 1.29 is 8.83 Å². The van der Waals surface area contributed by atoms with Gasteiger partial charge in [-0.3, -0.25) is 0 Å². The third kappa shape index (κ3) is 2.40. The van der Waals surface area contributed by atoms with E-state index < -0.39 is 5.63 Å². The zero-order chi connectivity index (χ0) is 14.8. The van der Waals surface area contributed by atoms with Crippen molar-refractivity contribution in [2.24, 2.45) is 0 Å². The maximum atomic E-state index is 12.0. The molecule has 0 saturated heterocycles. The number of anilines is 1. The van der Waals surface area contributed by atoms with Gasteiger partial charge in [-0.15, -0.1) is 10.2 Å². The minimum Gasteiger partial charge on any atom is -0.423 e. The van der Waals surface area contributed by atoms with Gasteiger partial charge in [0.25, 0.3) is 5.89 Å². The van der Waals surface area contributed by atoms with E-state index in [1.807, 2.05) is 18.2 Å². The number of nitrogens with zero attached hydrogens (tertiary/aromatic N) is 3. The van der Waals surface area contributed by atoms with Crippen LogP contribution in [-0.2, 0) is 0 Å². The van der Waals surface area contributed by atoms with Crippen molar-refractivity contribution in [3.8, 4) is 11.5 Å². The molecule has 0 unspecified atom stereocenters. The van der Waals surface area contributed by atoms with Gasteiger partial charge in [0, 0.05) is 30.2 Å². The zero-order valence-electron chi connectivity index (χ0n) is 11.9. The van der Waals surface area contributed by atoms with E-state index in [2.05, 4.69) is 28.9 Å². The number of aromatic nitrogens is 2. The third-order valence-corrected chi connectivity index (χ3v) is 3.44. The Morgan fingerprint density at radius 2 is 2.00 bits per heavy atom. The Balaban J connectivity index is 2.13. The highest BCUT2D eigenvalue weighted by atomic mass is 16.4. The van der Waals surface area contributed by atoms with Gasteiger partial charge in [0.15, 0.2) is 0 Å². The Labute approximate surface area is 121 Å². The average molecular weight is 285 g/mol. The van der Waals surface area contributed by atoms with Crippen LogP contribution in [0.1, 0.15) is 13.8 Å². The summed E-state index contributed by atoms with van der Waals surface area (Å²) in [6.07, 6.45) is 1.18. The summed E-state index contributed by atoms with van der Waals surface area (Å²) in [5.41, 5.74) is 1.37. The lowest BCUT2D eigenvalue weighted by Gasteiger charge is -2.20. The normalized spacial score (nSPS) is 11.0. The number of benzene rings is 1. The van der Waals surface area contributed by atoms with Gasteiger partial charge in [-0.25, -0.2) is 4.79 Å². The van der Waals surface area contributed by atoms with Crippen LogP contribution < -0.4 is 10.5 Å². The second-order valence-electron chi connectivity index (χ2n) is 4.59. The summed E-state index contributed by atoms with van der Waals surface area (Å²) in [6.45, 7) is 5.96. The molecule has 6 heteroatoms. The lowest BCUT2D eigenvalue weighted by molar-refractivity contribution is 0.541. The van der Waals surface area contributed by atoms with Crippen LogP contribution in [-0.4, -0.2) is 23.3 Å². The largest absolute Gasteiger partial charge is 0.423 e. The Bertz CT molecular complexity index is 805. The minimum atomic E-state index is -0.483. The van der Waals surface area contributed by atoms with Gasteiger partial charge in [-0.05, 0) is 32.0 Å². The van der Waals surface area contributed by atoms with Crippen molar-refractivity contribution >= 4 is 16.7 Å². The predicted molar refractivity (Wildman–Crippen MR) is 79.3 cm³/mol. The smallest absolute Gasteiger partial charge is 0.349 e. The van der Waals surface area contributed by atoms with Gasteiger partial charge in [0.2, 0.25) is 6.39 Å². The molecular weight excluding hydrogens is 270 g/mol. The molecule has 6 nitrogen and oxygen atoms in total. The Morgan fingerprint density at radius 1 is 1.19 bits per heavy atom. The number of rotatable bonds is 4. The molecule has 0 radical (unpaired) electrons. The first-order valence-electron chi connectivity index (χ1n) is 6.82. The van der Waals surface area contributed by atoms with Crippen LogP contribution in [0.5, 0.6) is 0 Å². The standard InChI is InChI=1S/C15H15N3O3/c1-3-18(4-2)11-6-5-10-7-12(14-17-16-9-20-14)15(19)21-13(10)8-11/h5-9H,3-4H2,1-2H3. The van der Waals surface area contributed by atoms with Gasteiger partial charge < -0.3 is 13.7 Å². The van der Waals surface area contributed by atoms with Gasteiger partial charge in [0.1, 0.15) is 11.1 Å². The maximum Gasteiger partial charge on any atom is 0.349 e. The molecule has 3 aromatic rings. The van der Waals surface area contributed by atoms with E-state index in [4.69, 9.17) is 8.83 Å². The molecule has 0 aliphatic rings. The van der Waals surface area contributed by atoms with Gasteiger partial charge >= 0.3 is 5.63 Å². The molecule has 0 aliphatic heterocycles. The monoisotopic (exact) mass is 285 g/mol. The van der Waals surface area contributed by atoms with Crippen LogP contribution in [0, 0.1) is 0 Å². The van der Waals surface area contributed by atoms with Crippen LogP contribution in [0.25, 0.3) is 22.4 Å². The quantitative estimate of drug-likeness (QED) is 0.686. The topological polar surface area (TPSA) is 72.4 Å². The van der Waals surface area contributed by atoms with Crippen molar-refractivity contribution in [1.29, 1.82) is 0 Å². The summed E-state index contributed by atoms with van der Waals surface area (Å²) in [5, 5.41) is 8.14. The summed E-state index contributed by atoms with van der Waals surface area (Å²) in [7, 11) is 0. The molecule has 2 aromatic heterocycles. The summed E-state index contributed by atoms with van der Waals surface area (Å²) < 4.78 is 10.4. The highest BCUT2D eigenvalue weighted by Crippen LogP contribution is 2.24. The first-order chi connectivity index (χ1) is 10.2. The molecule has 0 aliphatic carbocycles. The van der Waals surface area contributed by atoms with Gasteiger partial charge in [0.05, 0.1) is 0 Å². The van der Waals surface area contributed by atoms with Crippen molar-refractivity contribution in [1.82, 2.24) is 10.2 Å². The van der Waals surface area contributed by atoms with Crippen LogP contribution >= 0.6 is 0 Å². The first kappa shape index (κ1) is 13.4. The predicted octanol–water partition coefficient (Wildman–Crippen LogP) is 2.69. The van der Waals surface area contributed by atoms with E-state index in [1.165, 1.54) is 6.39 Å². The highest BCUT2D eigenvalue weighted by Gasteiger charge is 2.13. The molecule has 1 aromatic carbocycles. The number of hydrogen-bond acceptors (Lipinski definition) is 6. The molecule has 0 fully saturated rings. The fourth-order valence-corrected chi connectivity index (χ4v) is 2.32. The lowest BCUT2D eigenvalue weighted by Crippen LogP contribution is -2.21. The maximum absolute atomic E-state index is 12.0. The molecular formula is C15H15N3O3. The SMILES string of the molecule is CCN(CC)c1ccc2cc(-c3nnco3)c(=O)oc2c1. The highest BCUT2D eigenvalue weighted by molar-refractivity contribution is 5.83. The Kier molecular flexibility index (Phi) is 3.43. The van der Waals surface area contributed by atoms with Gasteiger partial charge in [-0.2, -0.15) is 0 Å². The van der Waals surface area contributed by atoms with E-state index in [-0.39, 0.29) is 11.5 Å². The molecule has 3 rings (SSSR count). The number of fused-ring (bicyclic) bond motifs is 1. The Morgan fingerprint density at radius 3 is 2.67 bits per heavy atom. The first-order valence-corrected chi connectivity index (χ1v) is 6.82.